The van der Waals surface area contributed by atoms with Gasteiger partial charge in [-0.05, 0) is 78.8 Å². The van der Waals surface area contributed by atoms with Gasteiger partial charge in [0.1, 0.15) is 11.4 Å². The molecular formula is C29H29Br2NO2. The first-order valence-electron chi connectivity index (χ1n) is 11.3. The Morgan fingerprint density at radius 1 is 0.853 bits per heavy atom. The van der Waals surface area contributed by atoms with Crippen molar-refractivity contribution in [2.45, 2.75) is 17.9 Å². The molecule has 4 aromatic rings. The van der Waals surface area contributed by atoms with Crippen LogP contribution in [-0.4, -0.2) is 37.8 Å². The van der Waals surface area contributed by atoms with Crippen LogP contribution in [-0.2, 0) is 5.60 Å². The van der Waals surface area contributed by atoms with Crippen molar-refractivity contribution >= 4 is 42.6 Å². The number of hydrogen-bond acceptors (Lipinski definition) is 3. The number of benzene rings is 4. The van der Waals surface area contributed by atoms with Crippen LogP contribution in [0.5, 0.6) is 5.75 Å². The third-order valence-corrected chi connectivity index (χ3v) is 7.32. The highest BCUT2D eigenvalue weighted by Gasteiger charge is 2.42. The van der Waals surface area contributed by atoms with Gasteiger partial charge in [0, 0.05) is 27.0 Å². The Bertz CT molecular complexity index is 1280. The largest absolute Gasteiger partial charge is 0.496 e. The van der Waals surface area contributed by atoms with Gasteiger partial charge < -0.3 is 14.7 Å². The summed E-state index contributed by atoms with van der Waals surface area (Å²) in [5.41, 5.74) is 1.69. The lowest BCUT2D eigenvalue weighted by atomic mass is 9.71. The molecule has 3 nitrogen and oxygen atoms in total. The van der Waals surface area contributed by atoms with Gasteiger partial charge in [-0.2, -0.15) is 0 Å². The lowest BCUT2D eigenvalue weighted by molar-refractivity contribution is 0.00389. The van der Waals surface area contributed by atoms with Crippen molar-refractivity contribution in [1.82, 2.24) is 4.90 Å². The number of halogens is 2. The van der Waals surface area contributed by atoms with E-state index in [-0.39, 0.29) is 5.92 Å². The van der Waals surface area contributed by atoms with Crippen LogP contribution in [0.1, 0.15) is 29.0 Å². The molecule has 0 aliphatic carbocycles. The quantitative estimate of drug-likeness (QED) is 0.236. The van der Waals surface area contributed by atoms with Gasteiger partial charge in [0.2, 0.25) is 0 Å². The fourth-order valence-corrected chi connectivity index (χ4v) is 5.41. The summed E-state index contributed by atoms with van der Waals surface area (Å²) in [6.07, 6.45) is 0.551. The normalized spacial score (nSPS) is 14.2. The Morgan fingerprint density at radius 3 is 2.26 bits per heavy atom. The van der Waals surface area contributed by atoms with Crippen molar-refractivity contribution in [2.24, 2.45) is 0 Å². The van der Waals surface area contributed by atoms with Crippen LogP contribution in [0.4, 0.5) is 0 Å². The minimum absolute atomic E-state index is 0.346. The lowest BCUT2D eigenvalue weighted by Crippen LogP contribution is -2.37. The van der Waals surface area contributed by atoms with E-state index in [4.69, 9.17) is 4.74 Å². The van der Waals surface area contributed by atoms with Crippen molar-refractivity contribution in [1.29, 1.82) is 0 Å². The van der Waals surface area contributed by atoms with Crippen molar-refractivity contribution in [3.05, 3.63) is 111 Å². The average Bonchev–Trinajstić information content (AvgIpc) is 2.83. The number of fused-ring (bicyclic) bond motifs is 1. The van der Waals surface area contributed by atoms with Gasteiger partial charge in [-0.1, -0.05) is 80.4 Å². The molecule has 5 heteroatoms. The molecule has 34 heavy (non-hydrogen) atoms. The van der Waals surface area contributed by atoms with E-state index in [1.807, 2.05) is 62.6 Å². The van der Waals surface area contributed by atoms with Crippen LogP contribution in [0.25, 0.3) is 10.8 Å². The van der Waals surface area contributed by atoms with Gasteiger partial charge in [-0.15, -0.1) is 0 Å². The molecule has 0 saturated heterocycles. The first kappa shape index (κ1) is 24.9. The zero-order chi connectivity index (χ0) is 24.3. The molecule has 4 rings (SSSR count). The van der Waals surface area contributed by atoms with Crippen LogP contribution in [0.15, 0.2) is 93.9 Å². The summed E-state index contributed by atoms with van der Waals surface area (Å²) < 4.78 is 7.88. The fourth-order valence-electron chi connectivity index (χ4n) is 4.63. The van der Waals surface area contributed by atoms with Crippen LogP contribution in [0, 0.1) is 0 Å². The summed E-state index contributed by atoms with van der Waals surface area (Å²) in [7, 11) is 5.77. The molecule has 0 fully saturated rings. The highest BCUT2D eigenvalue weighted by molar-refractivity contribution is 9.10. The van der Waals surface area contributed by atoms with E-state index in [0.717, 1.165) is 48.7 Å². The lowest BCUT2D eigenvalue weighted by Gasteiger charge is -2.39. The van der Waals surface area contributed by atoms with E-state index in [2.05, 4.69) is 73.2 Å². The van der Waals surface area contributed by atoms with E-state index >= 15 is 0 Å². The highest BCUT2D eigenvalue weighted by atomic mass is 79.9. The van der Waals surface area contributed by atoms with Crippen molar-refractivity contribution in [2.75, 3.05) is 27.7 Å². The molecule has 2 atom stereocenters. The molecule has 0 bridgehead atoms. The van der Waals surface area contributed by atoms with Crippen LogP contribution in [0.2, 0.25) is 0 Å². The fraction of sp³-hybridized carbons (Fsp3) is 0.241. The number of aliphatic hydroxyl groups is 1. The molecule has 0 aliphatic rings. The second-order valence-electron chi connectivity index (χ2n) is 8.92. The van der Waals surface area contributed by atoms with Gasteiger partial charge in [-0.25, -0.2) is 0 Å². The number of nitrogens with zero attached hydrogens (tertiary/aromatic N) is 1. The minimum Gasteiger partial charge on any atom is -0.496 e. The molecule has 0 aliphatic heterocycles. The zero-order valence-electron chi connectivity index (χ0n) is 19.6. The Morgan fingerprint density at radius 2 is 1.59 bits per heavy atom. The van der Waals surface area contributed by atoms with E-state index in [1.165, 1.54) is 0 Å². The number of rotatable bonds is 8. The second kappa shape index (κ2) is 10.6. The molecule has 0 saturated carbocycles. The maximum absolute atomic E-state index is 12.7. The Kier molecular flexibility index (Phi) is 7.78. The Balaban J connectivity index is 2.02. The third-order valence-electron chi connectivity index (χ3n) is 6.34. The van der Waals surface area contributed by atoms with Gasteiger partial charge in [0.05, 0.1) is 7.11 Å². The minimum atomic E-state index is -1.18. The molecule has 0 unspecified atom stereocenters. The predicted molar refractivity (Wildman–Crippen MR) is 148 cm³/mol. The van der Waals surface area contributed by atoms with E-state index in [1.54, 1.807) is 7.11 Å². The summed E-state index contributed by atoms with van der Waals surface area (Å²) in [6, 6.07) is 28.7. The van der Waals surface area contributed by atoms with Gasteiger partial charge in [0.25, 0.3) is 0 Å². The average molecular weight is 583 g/mol. The predicted octanol–water partition coefficient (Wildman–Crippen LogP) is 7.34. The molecule has 0 heterocycles. The van der Waals surface area contributed by atoms with Crippen LogP contribution >= 0.6 is 31.9 Å². The summed E-state index contributed by atoms with van der Waals surface area (Å²) in [5.74, 6) is 0.420. The topological polar surface area (TPSA) is 32.7 Å². The number of hydrogen-bond donors (Lipinski definition) is 1. The molecule has 4 aromatic carbocycles. The van der Waals surface area contributed by atoms with Crippen LogP contribution in [0.3, 0.4) is 0 Å². The highest BCUT2D eigenvalue weighted by Crippen LogP contribution is 2.48. The van der Waals surface area contributed by atoms with E-state index in [0.29, 0.717) is 6.42 Å². The maximum Gasteiger partial charge on any atom is 0.123 e. The van der Waals surface area contributed by atoms with Crippen molar-refractivity contribution < 1.29 is 9.84 Å². The Labute approximate surface area is 218 Å². The maximum atomic E-state index is 12.7. The molecule has 0 amide bonds. The van der Waals surface area contributed by atoms with E-state index < -0.39 is 5.60 Å². The Hall–Kier alpha value is -2.18. The second-order valence-corrected chi connectivity index (χ2v) is 10.7. The third kappa shape index (κ3) is 5.23. The summed E-state index contributed by atoms with van der Waals surface area (Å²) in [4.78, 5) is 2.11. The summed E-state index contributed by atoms with van der Waals surface area (Å²) in [6.45, 7) is 0.730. The standard InChI is InChI=1S/C29H29Br2NO2/c1-32(2)15-14-29(33,23-10-7-11-24(30)19-23)28(20-8-5-4-6-9-20)26-17-22-16-25(31)13-12-21(22)18-27(26)34-3/h4-13,16-19,28,33H,14-15H2,1-3H3/t28-,29+/m1/s1. The number of methoxy groups -OCH3 is 1. The van der Waals surface area contributed by atoms with Crippen LogP contribution < -0.4 is 4.74 Å². The van der Waals surface area contributed by atoms with Gasteiger partial charge in [-0.3, -0.25) is 0 Å². The smallest absolute Gasteiger partial charge is 0.123 e. The van der Waals surface area contributed by atoms with Gasteiger partial charge in [0.15, 0.2) is 0 Å². The summed E-state index contributed by atoms with van der Waals surface area (Å²) >= 11 is 7.22. The SMILES string of the molecule is COc1cc2ccc(Br)cc2cc1[C@@H](c1ccccc1)[C@](O)(CCN(C)C)c1cccc(Br)c1. The first-order valence-corrected chi connectivity index (χ1v) is 12.9. The molecule has 0 radical (unpaired) electrons. The first-order chi connectivity index (χ1) is 16.3. The number of ether oxygens (including phenoxy) is 1. The molecule has 1 N–H and O–H groups in total. The van der Waals surface area contributed by atoms with Crippen molar-refractivity contribution in [3.63, 3.8) is 0 Å². The molecule has 0 spiro atoms. The monoisotopic (exact) mass is 581 g/mol. The van der Waals surface area contributed by atoms with E-state index in [9.17, 15) is 5.11 Å². The summed E-state index contributed by atoms with van der Waals surface area (Å²) in [5, 5.41) is 14.8. The zero-order valence-corrected chi connectivity index (χ0v) is 22.8. The van der Waals surface area contributed by atoms with Crippen molar-refractivity contribution in [3.8, 4) is 5.75 Å². The van der Waals surface area contributed by atoms with Gasteiger partial charge >= 0.3 is 0 Å². The molecule has 0 aromatic heterocycles. The molecule has 176 valence electrons. The molecular weight excluding hydrogens is 554 g/mol.